The quantitative estimate of drug-likeness (QED) is 0.419. The molecule has 0 N–H and O–H groups in total. The van der Waals surface area contributed by atoms with Crippen LogP contribution in [0.15, 0.2) is 0 Å². The molecule has 0 heterocycles. The van der Waals surface area contributed by atoms with Gasteiger partial charge in [-0.1, -0.05) is 0 Å². The van der Waals surface area contributed by atoms with Crippen LogP contribution >= 0.6 is 0 Å². The fraction of sp³-hybridized carbons (Fsp3) is 0. The molecule has 0 amide bonds. The third-order valence-electron chi connectivity index (χ3n) is 0. The molecule has 0 spiro atoms. The average molecular weight is 157 g/mol. The van der Waals surface area contributed by atoms with Gasteiger partial charge < -0.3 is 27.0 Å². The first-order chi connectivity index (χ1) is 0. The first kappa shape index (κ1) is 40.1. The Bertz CT molecular complexity index is 6.00. The summed E-state index contributed by atoms with van der Waals surface area (Å²) >= 11 is 0. The van der Waals surface area contributed by atoms with Crippen molar-refractivity contribution in [3.63, 3.8) is 0 Å². The van der Waals surface area contributed by atoms with Crippen molar-refractivity contribution < 1.29 is 19.5 Å². The van der Waals surface area contributed by atoms with Crippen LogP contribution in [0, 0.1) is 0 Å². The Morgan fingerprint density at radius 1 is 0.750 bits per heavy atom. The van der Waals surface area contributed by atoms with Crippen LogP contribution in [0.2, 0.25) is 0 Å². The molecule has 0 unspecified atom stereocenters. The minimum Gasteiger partial charge on any atom is -2.00 e. The summed E-state index contributed by atoms with van der Waals surface area (Å²) in [5.74, 6) is 0. The molecule has 0 bridgehead atoms. The monoisotopic (exact) mass is 155 g/mol. The van der Waals surface area contributed by atoms with Crippen molar-refractivity contribution in [2.75, 3.05) is 0 Å². The van der Waals surface area contributed by atoms with Crippen molar-refractivity contribution in [2.45, 2.75) is 0 Å². The smallest absolute Gasteiger partial charge is 2.00 e. The molecule has 0 radical (unpaired) electrons. The second kappa shape index (κ2) is 21.0. The summed E-state index contributed by atoms with van der Waals surface area (Å²) in [7, 11) is 0. The summed E-state index contributed by atoms with van der Waals surface area (Å²) in [5.41, 5.74) is 0. The molecular formula is AlS2Zn+. The van der Waals surface area contributed by atoms with E-state index in [9.17, 15) is 0 Å². The van der Waals surface area contributed by atoms with E-state index in [1.54, 1.807) is 0 Å². The SMILES string of the molecule is [Al+3].[S-2].[S-2].[Zn+2]. The normalized spacial score (nSPS) is 0. The zero-order valence-corrected chi connectivity index (χ0v) is 7.86. The standard InChI is InChI=1S/Al.2S.Zn/q+3;2*-2;+2. The topological polar surface area (TPSA) is 0 Å². The predicted octanol–water partition coefficient (Wildman–Crippen LogP) is -0.388. The van der Waals surface area contributed by atoms with Gasteiger partial charge in [0.2, 0.25) is 0 Å². The molecule has 0 saturated carbocycles. The summed E-state index contributed by atoms with van der Waals surface area (Å²) in [5, 5.41) is 0. The van der Waals surface area contributed by atoms with Gasteiger partial charge in [-0.25, -0.2) is 0 Å². The summed E-state index contributed by atoms with van der Waals surface area (Å²) in [6, 6.07) is 0. The van der Waals surface area contributed by atoms with E-state index < -0.39 is 0 Å². The Morgan fingerprint density at radius 3 is 0.750 bits per heavy atom. The molecule has 4 heavy (non-hydrogen) atoms. The van der Waals surface area contributed by atoms with E-state index in [0.717, 1.165) is 0 Å². The Balaban J connectivity index is 0. The summed E-state index contributed by atoms with van der Waals surface area (Å²) in [6.07, 6.45) is 0. The molecule has 0 aliphatic carbocycles. The Kier molecular flexibility index (Phi) is 210. The van der Waals surface area contributed by atoms with E-state index in [4.69, 9.17) is 0 Å². The van der Waals surface area contributed by atoms with Crippen LogP contribution in [-0.4, -0.2) is 17.4 Å². The fourth-order valence-electron chi connectivity index (χ4n) is 0. The van der Waals surface area contributed by atoms with Crippen LogP contribution in [0.4, 0.5) is 0 Å². The number of hydrogen-bond acceptors (Lipinski definition) is 0. The van der Waals surface area contributed by atoms with Gasteiger partial charge in [0.1, 0.15) is 0 Å². The van der Waals surface area contributed by atoms with Crippen molar-refractivity contribution in [3.8, 4) is 0 Å². The molecular weight excluding hydrogens is 157 g/mol. The maximum atomic E-state index is 0. The molecule has 0 fully saturated rings. The van der Waals surface area contributed by atoms with Crippen molar-refractivity contribution in [1.82, 2.24) is 0 Å². The third-order valence-corrected chi connectivity index (χ3v) is 0. The minimum atomic E-state index is 0. The zero-order chi connectivity index (χ0) is 0. The van der Waals surface area contributed by atoms with Crippen LogP contribution in [0.5, 0.6) is 0 Å². The summed E-state index contributed by atoms with van der Waals surface area (Å²) in [4.78, 5) is 0. The molecule has 0 rings (SSSR count). The number of hydrogen-bond donors (Lipinski definition) is 0. The Labute approximate surface area is 63.5 Å². The van der Waals surface area contributed by atoms with Crippen LogP contribution < -0.4 is 0 Å². The van der Waals surface area contributed by atoms with E-state index >= 15 is 0 Å². The Hall–Kier alpha value is 1.86. The first-order valence-electron chi connectivity index (χ1n) is 0. The van der Waals surface area contributed by atoms with Crippen molar-refractivity contribution in [2.24, 2.45) is 0 Å². The Morgan fingerprint density at radius 2 is 0.750 bits per heavy atom. The summed E-state index contributed by atoms with van der Waals surface area (Å²) in [6.45, 7) is 0. The van der Waals surface area contributed by atoms with Crippen molar-refractivity contribution in [1.29, 1.82) is 0 Å². The zero-order valence-electron chi connectivity index (χ0n) is 2.10. The van der Waals surface area contributed by atoms with E-state index in [0.29, 0.717) is 0 Å². The van der Waals surface area contributed by atoms with Gasteiger partial charge in [-0.05, 0) is 0 Å². The first-order valence-corrected chi connectivity index (χ1v) is 0. The van der Waals surface area contributed by atoms with E-state index in [1.165, 1.54) is 0 Å². The molecule has 0 aromatic rings. The van der Waals surface area contributed by atoms with Gasteiger partial charge in [-0.15, -0.1) is 0 Å². The molecule has 16 valence electrons. The van der Waals surface area contributed by atoms with Gasteiger partial charge in [0.05, 0.1) is 0 Å². The summed E-state index contributed by atoms with van der Waals surface area (Å²) < 4.78 is 0. The van der Waals surface area contributed by atoms with Crippen LogP contribution in [-0.2, 0) is 46.5 Å². The van der Waals surface area contributed by atoms with E-state index in [-0.39, 0.29) is 63.8 Å². The maximum Gasteiger partial charge on any atom is 3.00 e. The molecule has 0 atom stereocenters. The second-order valence-electron chi connectivity index (χ2n) is 0. The van der Waals surface area contributed by atoms with Gasteiger partial charge in [0.25, 0.3) is 0 Å². The molecule has 0 aromatic carbocycles. The van der Waals surface area contributed by atoms with E-state index in [1.807, 2.05) is 0 Å². The van der Waals surface area contributed by atoms with Crippen molar-refractivity contribution >= 4 is 44.4 Å². The molecule has 0 nitrogen and oxygen atoms in total. The number of rotatable bonds is 0. The largest absolute Gasteiger partial charge is 3.00 e. The maximum absolute atomic E-state index is 0. The fourth-order valence-corrected chi connectivity index (χ4v) is 0. The molecule has 0 aliphatic rings. The van der Waals surface area contributed by atoms with Crippen LogP contribution in [0.3, 0.4) is 0 Å². The van der Waals surface area contributed by atoms with E-state index in [2.05, 4.69) is 0 Å². The molecule has 4 heteroatoms. The van der Waals surface area contributed by atoms with Gasteiger partial charge >= 0.3 is 36.8 Å². The third kappa shape index (κ3) is 9.13. The van der Waals surface area contributed by atoms with Gasteiger partial charge in [0, 0.05) is 0 Å². The van der Waals surface area contributed by atoms with Gasteiger partial charge in [-0.3, -0.25) is 0 Å². The van der Waals surface area contributed by atoms with Gasteiger partial charge in [0.15, 0.2) is 0 Å². The molecule has 0 aliphatic heterocycles. The van der Waals surface area contributed by atoms with Gasteiger partial charge in [-0.2, -0.15) is 0 Å². The molecule has 0 saturated heterocycles. The van der Waals surface area contributed by atoms with Crippen LogP contribution in [0.25, 0.3) is 0 Å². The minimum absolute atomic E-state index is 0. The van der Waals surface area contributed by atoms with Crippen LogP contribution in [0.1, 0.15) is 0 Å². The average Bonchev–Trinajstić information content (AvgIpc) is 0. The van der Waals surface area contributed by atoms with Crippen molar-refractivity contribution in [3.05, 3.63) is 0 Å². The second-order valence-corrected chi connectivity index (χ2v) is 0. The molecule has 0 aromatic heterocycles. The predicted molar refractivity (Wildman–Crippen MR) is 20.5 cm³/mol.